The number of likely N-dealkylation sites (tertiary alicyclic amines) is 1. The minimum atomic E-state index is -1.33. The monoisotopic (exact) mass is 1100 g/mol. The quantitative estimate of drug-likeness (QED) is 0.0276. The van der Waals surface area contributed by atoms with Crippen molar-refractivity contribution in [2.45, 2.75) is 128 Å². The molecular weight excluding hydrogens is 1020 g/mol. The van der Waals surface area contributed by atoms with Crippen molar-refractivity contribution in [1.82, 2.24) is 31.2 Å². The van der Waals surface area contributed by atoms with Gasteiger partial charge in [0.1, 0.15) is 24.1 Å². The summed E-state index contributed by atoms with van der Waals surface area (Å²) >= 11 is 0. The second kappa shape index (κ2) is 29.5. The third kappa shape index (κ3) is 18.4. The summed E-state index contributed by atoms with van der Waals surface area (Å²) in [6.45, 7) is 7.86. The van der Waals surface area contributed by atoms with Crippen LogP contribution in [0.25, 0.3) is 10.9 Å². The molecule has 1 saturated carbocycles. The second-order valence-corrected chi connectivity index (χ2v) is 22.0. The number of benzene rings is 4. The van der Waals surface area contributed by atoms with Gasteiger partial charge in [0.25, 0.3) is 5.91 Å². The largest absolute Gasteiger partial charge is 0.493 e. The van der Waals surface area contributed by atoms with Crippen LogP contribution in [0.3, 0.4) is 0 Å². The molecule has 18 heteroatoms. The van der Waals surface area contributed by atoms with Crippen LogP contribution in [0, 0.1) is 11.8 Å². The van der Waals surface area contributed by atoms with Gasteiger partial charge in [-0.05, 0) is 137 Å². The first-order chi connectivity index (χ1) is 38.5. The number of hydrogen-bond acceptors (Lipinski definition) is 12. The number of primary amides is 1. The fraction of sp³-hybridized carbons (Fsp3) is 0.468. The van der Waals surface area contributed by atoms with Gasteiger partial charge in [0, 0.05) is 36.5 Å². The van der Waals surface area contributed by atoms with Crippen molar-refractivity contribution in [3.05, 3.63) is 126 Å². The molecule has 428 valence electrons. The van der Waals surface area contributed by atoms with E-state index in [1.165, 1.54) is 24.5 Å². The molecule has 1 aromatic heterocycles. The maximum atomic E-state index is 14.2. The Morgan fingerprint density at radius 2 is 1.51 bits per heavy atom. The summed E-state index contributed by atoms with van der Waals surface area (Å²) in [6, 6.07) is 29.8. The Morgan fingerprint density at radius 3 is 2.26 bits per heavy atom. The molecular formula is C62H80N8O10. The van der Waals surface area contributed by atoms with E-state index in [9.17, 15) is 28.8 Å². The van der Waals surface area contributed by atoms with Crippen molar-refractivity contribution >= 4 is 52.2 Å². The number of aryl methyl sites for hydroxylation is 2. The van der Waals surface area contributed by atoms with Crippen molar-refractivity contribution in [3.63, 3.8) is 0 Å². The van der Waals surface area contributed by atoms with Gasteiger partial charge in [-0.25, -0.2) is 9.78 Å². The van der Waals surface area contributed by atoms with Crippen molar-refractivity contribution in [2.75, 3.05) is 52.4 Å². The Balaban J connectivity index is 0.878. The number of hydrogen-bond donors (Lipinski definition) is 6. The number of piperidine rings is 1. The molecule has 1 aliphatic heterocycles. The Hall–Kier alpha value is -7.73. The number of para-hydroxylation sites is 1. The van der Waals surface area contributed by atoms with Crippen molar-refractivity contribution in [3.8, 4) is 17.2 Å². The van der Waals surface area contributed by atoms with E-state index in [1.54, 1.807) is 38.5 Å². The van der Waals surface area contributed by atoms with Gasteiger partial charge in [-0.15, -0.1) is 0 Å². The number of anilines is 1. The number of rotatable bonds is 27. The first-order valence-corrected chi connectivity index (χ1v) is 28.1. The van der Waals surface area contributed by atoms with Crippen molar-refractivity contribution in [1.29, 1.82) is 0 Å². The van der Waals surface area contributed by atoms with Crippen molar-refractivity contribution in [2.24, 2.45) is 17.6 Å². The lowest BCUT2D eigenvalue weighted by Crippen LogP contribution is -2.58. The van der Waals surface area contributed by atoms with E-state index in [0.717, 1.165) is 61.9 Å². The fourth-order valence-electron chi connectivity index (χ4n) is 10.8. The van der Waals surface area contributed by atoms with Crippen LogP contribution in [-0.2, 0) is 43.2 Å². The standard InChI is InChI=1S/C62H80N8O10/c1-62(2,3)69-60(75)52-38-45-20-9-10-21-46(45)40-70(52)32-30-47(35-41-15-7-6-8-16-41)65-59(74)51(39-55(63)71)67-58(73)50-28-27-44-22-13-24-49(57(44)66-50)68-61(76)80-33-14-25-56(72)64-31-34-79-48-23-12-19-42(36-48)17-11-18-43-26-29-53(77-4)54(37-43)78-5/h6-8,12-13,15-16,19,22-24,26-29,36-37,45-47,51-52H,9-11,14,17-18,20-21,25,30-35,38-40H2,1-5H3,(H2,63,71)(H,64,72)(H,65,74)(H,67,73)(H,68,76)(H,69,75). The zero-order chi connectivity index (χ0) is 57.0. The van der Waals surface area contributed by atoms with Crippen molar-refractivity contribution < 1.29 is 47.7 Å². The third-order valence-electron chi connectivity index (χ3n) is 14.7. The second-order valence-electron chi connectivity index (χ2n) is 22.0. The summed E-state index contributed by atoms with van der Waals surface area (Å²) in [5, 5.41) is 15.2. The minimum Gasteiger partial charge on any atom is -0.493 e. The lowest BCUT2D eigenvalue weighted by atomic mass is 9.72. The van der Waals surface area contributed by atoms with E-state index < -0.39 is 42.3 Å². The fourth-order valence-corrected chi connectivity index (χ4v) is 10.8. The highest BCUT2D eigenvalue weighted by atomic mass is 16.5. The van der Waals surface area contributed by atoms with Crippen LogP contribution in [0.2, 0.25) is 0 Å². The summed E-state index contributed by atoms with van der Waals surface area (Å²) in [7, 11) is 3.25. The zero-order valence-corrected chi connectivity index (χ0v) is 47.0. The van der Waals surface area contributed by atoms with E-state index >= 15 is 0 Å². The average Bonchev–Trinajstić information content (AvgIpc) is 3.45. The van der Waals surface area contributed by atoms with E-state index in [-0.39, 0.29) is 66.3 Å². The Labute approximate surface area is 470 Å². The molecule has 0 bridgehead atoms. The molecule has 0 radical (unpaired) electrons. The van der Waals surface area contributed by atoms with Gasteiger partial charge in [0.05, 0.1) is 51.0 Å². The summed E-state index contributed by atoms with van der Waals surface area (Å²) in [6.07, 6.45) is 8.24. The van der Waals surface area contributed by atoms with E-state index in [1.807, 2.05) is 87.5 Å². The predicted molar refractivity (Wildman–Crippen MR) is 308 cm³/mol. The third-order valence-corrected chi connectivity index (χ3v) is 14.7. The molecule has 80 heavy (non-hydrogen) atoms. The number of nitrogens with two attached hydrogens (primary N) is 1. The number of fused-ring (bicyclic) bond motifs is 2. The zero-order valence-electron chi connectivity index (χ0n) is 47.0. The molecule has 6 amide bonds. The molecule has 2 aliphatic rings. The normalized spacial score (nSPS) is 16.9. The van der Waals surface area contributed by atoms with Gasteiger partial charge >= 0.3 is 6.09 Å². The summed E-state index contributed by atoms with van der Waals surface area (Å²) < 4.78 is 22.1. The number of ether oxygens (including phenoxy) is 4. The summed E-state index contributed by atoms with van der Waals surface area (Å²) in [4.78, 5) is 86.8. The van der Waals surface area contributed by atoms with E-state index in [2.05, 4.69) is 42.5 Å². The molecule has 2 heterocycles. The number of aromatic nitrogens is 1. The SMILES string of the molecule is COc1ccc(CCCc2cccc(OCCNC(=O)CCCOC(=O)Nc3cccc4ccc(C(=O)NC(CC(N)=O)C(=O)NC(CCN5CC6CCCCC6CC5C(=O)NC(C)(C)C)Cc5ccccc5)nc34)c2)cc1OC. The Morgan fingerprint density at radius 1 is 0.775 bits per heavy atom. The Bertz CT molecular complexity index is 2900. The molecule has 1 aliphatic carbocycles. The topological polar surface area (TPSA) is 242 Å². The van der Waals surface area contributed by atoms with Gasteiger partial charge in [0.15, 0.2) is 11.5 Å². The molecule has 7 rings (SSSR count). The van der Waals surface area contributed by atoms with Gasteiger partial charge in [-0.3, -0.25) is 34.2 Å². The molecule has 2 fully saturated rings. The van der Waals surface area contributed by atoms with Gasteiger partial charge < -0.3 is 45.9 Å². The summed E-state index contributed by atoms with van der Waals surface area (Å²) in [5.74, 6) is 0.839. The molecule has 4 aromatic carbocycles. The molecule has 0 spiro atoms. The molecule has 7 N–H and O–H groups in total. The van der Waals surface area contributed by atoms with Crippen LogP contribution in [0.15, 0.2) is 103 Å². The highest BCUT2D eigenvalue weighted by molar-refractivity contribution is 6.02. The van der Waals surface area contributed by atoms with Crippen LogP contribution in [0.4, 0.5) is 10.5 Å². The maximum Gasteiger partial charge on any atom is 0.411 e. The number of nitrogens with one attached hydrogen (secondary N) is 5. The van der Waals surface area contributed by atoms with Crippen LogP contribution in [-0.4, -0.2) is 116 Å². The molecule has 5 atom stereocenters. The number of carbonyl (C=O) groups excluding carboxylic acids is 6. The minimum absolute atomic E-state index is 0.0155. The summed E-state index contributed by atoms with van der Waals surface area (Å²) in [5.41, 5.74) is 9.05. The smallest absolute Gasteiger partial charge is 0.411 e. The van der Waals surface area contributed by atoms with Crippen LogP contribution in [0.5, 0.6) is 17.2 Å². The number of nitrogens with zero attached hydrogens (tertiary/aromatic N) is 2. The van der Waals surface area contributed by atoms with Crippen LogP contribution < -0.4 is 46.5 Å². The van der Waals surface area contributed by atoms with Gasteiger partial charge in [-0.1, -0.05) is 86.0 Å². The highest BCUT2D eigenvalue weighted by Gasteiger charge is 2.41. The van der Waals surface area contributed by atoms with E-state index in [0.29, 0.717) is 54.7 Å². The van der Waals surface area contributed by atoms with E-state index in [4.69, 9.17) is 24.7 Å². The molecule has 18 nitrogen and oxygen atoms in total. The van der Waals surface area contributed by atoms with Crippen LogP contribution >= 0.6 is 0 Å². The lowest BCUT2D eigenvalue weighted by Gasteiger charge is -2.46. The first-order valence-electron chi connectivity index (χ1n) is 28.1. The molecule has 5 aromatic rings. The average molecular weight is 1100 g/mol. The number of pyridine rings is 1. The van der Waals surface area contributed by atoms with Gasteiger partial charge in [-0.2, -0.15) is 0 Å². The number of methoxy groups -OCH3 is 2. The Kier molecular flexibility index (Phi) is 22.1. The van der Waals surface area contributed by atoms with Crippen LogP contribution in [0.1, 0.15) is 112 Å². The number of amides is 6. The highest BCUT2D eigenvalue weighted by Crippen LogP contribution is 2.39. The lowest BCUT2D eigenvalue weighted by molar-refractivity contribution is -0.132. The first kappa shape index (κ1) is 59.9. The molecule has 5 unspecified atom stereocenters. The molecule has 1 saturated heterocycles. The maximum absolute atomic E-state index is 14.2. The number of carbonyl (C=O) groups is 6. The van der Waals surface area contributed by atoms with Gasteiger partial charge in [0.2, 0.25) is 23.6 Å². The predicted octanol–water partition coefficient (Wildman–Crippen LogP) is 7.84.